The molecule has 0 aliphatic rings. The Bertz CT molecular complexity index is 666. The number of nitro groups is 1. The van der Waals surface area contributed by atoms with Crippen molar-refractivity contribution in [3.63, 3.8) is 0 Å². The first kappa shape index (κ1) is 14.3. The Morgan fingerprint density at radius 3 is 2.70 bits per heavy atom. The molecule has 20 heavy (non-hydrogen) atoms. The van der Waals surface area contributed by atoms with Crippen LogP contribution in [-0.2, 0) is 0 Å². The summed E-state index contributed by atoms with van der Waals surface area (Å²) in [7, 11) is 1.37. The van der Waals surface area contributed by atoms with Gasteiger partial charge >= 0.3 is 0 Å². The fourth-order valence-electron chi connectivity index (χ4n) is 1.37. The molecular weight excluding hydrogens is 309 g/mol. The van der Waals surface area contributed by atoms with Crippen LogP contribution in [-0.4, -0.2) is 22.0 Å². The standard InChI is InChI=1S/C11H7Cl2N3O4/c1-19-9-10(13)14-5-15-11(9)20-8-4-6(16(17)18)2-3-7(8)12/h2-5H,1H3. The molecule has 0 spiro atoms. The van der Waals surface area contributed by atoms with Gasteiger partial charge in [-0.15, -0.1) is 0 Å². The molecule has 9 heteroatoms. The Morgan fingerprint density at radius 1 is 1.30 bits per heavy atom. The summed E-state index contributed by atoms with van der Waals surface area (Å²) in [4.78, 5) is 17.7. The predicted octanol–water partition coefficient (Wildman–Crippen LogP) is 3.49. The molecule has 0 radical (unpaired) electrons. The molecule has 0 saturated carbocycles. The van der Waals surface area contributed by atoms with Crippen LogP contribution in [0.2, 0.25) is 10.2 Å². The molecule has 0 unspecified atom stereocenters. The van der Waals surface area contributed by atoms with E-state index in [-0.39, 0.29) is 33.2 Å². The van der Waals surface area contributed by atoms with Crippen LogP contribution in [0, 0.1) is 10.1 Å². The second-order valence-corrected chi connectivity index (χ2v) is 4.24. The summed E-state index contributed by atoms with van der Waals surface area (Å²) in [5.41, 5.74) is -0.163. The van der Waals surface area contributed by atoms with Gasteiger partial charge in [0, 0.05) is 6.07 Å². The van der Waals surface area contributed by atoms with Gasteiger partial charge in [-0.25, -0.2) is 4.98 Å². The monoisotopic (exact) mass is 315 g/mol. The van der Waals surface area contributed by atoms with E-state index in [0.29, 0.717) is 0 Å². The highest BCUT2D eigenvalue weighted by atomic mass is 35.5. The molecule has 7 nitrogen and oxygen atoms in total. The molecule has 0 bridgehead atoms. The van der Waals surface area contributed by atoms with Crippen LogP contribution in [0.4, 0.5) is 5.69 Å². The van der Waals surface area contributed by atoms with Crippen LogP contribution in [0.3, 0.4) is 0 Å². The second-order valence-electron chi connectivity index (χ2n) is 3.48. The van der Waals surface area contributed by atoms with E-state index in [0.717, 1.165) is 0 Å². The number of hydrogen-bond acceptors (Lipinski definition) is 6. The van der Waals surface area contributed by atoms with E-state index < -0.39 is 4.92 Å². The van der Waals surface area contributed by atoms with Crippen LogP contribution in [0.15, 0.2) is 24.5 Å². The zero-order valence-corrected chi connectivity index (χ0v) is 11.6. The van der Waals surface area contributed by atoms with Crippen molar-refractivity contribution in [1.29, 1.82) is 0 Å². The Kier molecular flexibility index (Phi) is 4.21. The highest BCUT2D eigenvalue weighted by Gasteiger charge is 2.16. The molecule has 0 aliphatic carbocycles. The van der Waals surface area contributed by atoms with E-state index in [1.807, 2.05) is 0 Å². The van der Waals surface area contributed by atoms with Crippen molar-refractivity contribution >= 4 is 28.9 Å². The van der Waals surface area contributed by atoms with E-state index in [9.17, 15) is 10.1 Å². The van der Waals surface area contributed by atoms with E-state index >= 15 is 0 Å². The van der Waals surface area contributed by atoms with Gasteiger partial charge in [0.25, 0.3) is 11.6 Å². The summed E-state index contributed by atoms with van der Waals surface area (Å²) < 4.78 is 10.4. The Morgan fingerprint density at radius 2 is 2.05 bits per heavy atom. The third-order valence-electron chi connectivity index (χ3n) is 2.26. The fourth-order valence-corrected chi connectivity index (χ4v) is 1.73. The maximum atomic E-state index is 10.7. The maximum absolute atomic E-state index is 10.7. The van der Waals surface area contributed by atoms with Gasteiger partial charge in [-0.05, 0) is 6.07 Å². The number of hydrogen-bond donors (Lipinski definition) is 0. The van der Waals surface area contributed by atoms with Crippen LogP contribution in [0.1, 0.15) is 0 Å². The van der Waals surface area contributed by atoms with Gasteiger partial charge in [-0.2, -0.15) is 4.98 Å². The lowest BCUT2D eigenvalue weighted by Crippen LogP contribution is -1.97. The molecule has 0 aliphatic heterocycles. The third kappa shape index (κ3) is 2.89. The van der Waals surface area contributed by atoms with Gasteiger partial charge in [0.1, 0.15) is 6.33 Å². The molecule has 2 aromatic rings. The van der Waals surface area contributed by atoms with Gasteiger partial charge < -0.3 is 9.47 Å². The topological polar surface area (TPSA) is 87.4 Å². The van der Waals surface area contributed by atoms with Crippen molar-refractivity contribution in [2.75, 3.05) is 7.11 Å². The van der Waals surface area contributed by atoms with Gasteiger partial charge in [0.2, 0.25) is 5.75 Å². The van der Waals surface area contributed by atoms with Crippen LogP contribution in [0.5, 0.6) is 17.4 Å². The Balaban J connectivity index is 2.42. The van der Waals surface area contributed by atoms with E-state index in [4.69, 9.17) is 32.7 Å². The van der Waals surface area contributed by atoms with E-state index in [2.05, 4.69) is 9.97 Å². The molecule has 2 rings (SSSR count). The normalized spacial score (nSPS) is 10.2. The SMILES string of the molecule is COc1c(Cl)ncnc1Oc1cc([N+](=O)[O-])ccc1Cl. The molecule has 0 fully saturated rings. The lowest BCUT2D eigenvalue weighted by Gasteiger charge is -2.10. The first-order valence-corrected chi connectivity index (χ1v) is 5.94. The molecule has 0 N–H and O–H groups in total. The molecule has 1 heterocycles. The van der Waals surface area contributed by atoms with E-state index in [1.165, 1.54) is 31.6 Å². The summed E-state index contributed by atoms with van der Waals surface area (Å²) in [6.45, 7) is 0. The number of methoxy groups -OCH3 is 1. The highest BCUT2D eigenvalue weighted by Crippen LogP contribution is 2.37. The Hall–Kier alpha value is -2.12. The zero-order valence-electron chi connectivity index (χ0n) is 10.0. The summed E-state index contributed by atoms with van der Waals surface area (Å²) in [5, 5.41) is 11.0. The molecule has 1 aromatic carbocycles. The van der Waals surface area contributed by atoms with Crippen molar-refractivity contribution in [1.82, 2.24) is 9.97 Å². The molecule has 0 saturated heterocycles. The van der Waals surface area contributed by atoms with Crippen molar-refractivity contribution in [3.8, 4) is 17.4 Å². The summed E-state index contributed by atoms with van der Waals surface area (Å²) in [5.74, 6) is 0.181. The minimum atomic E-state index is -0.562. The van der Waals surface area contributed by atoms with Gasteiger partial charge in [0.05, 0.1) is 23.1 Å². The van der Waals surface area contributed by atoms with Crippen LogP contribution in [0.25, 0.3) is 0 Å². The number of aromatic nitrogens is 2. The third-order valence-corrected chi connectivity index (χ3v) is 2.85. The largest absolute Gasteiger partial charge is 0.489 e. The zero-order chi connectivity index (χ0) is 14.7. The molecule has 104 valence electrons. The fraction of sp³-hybridized carbons (Fsp3) is 0.0909. The minimum absolute atomic E-state index is 0.00916. The predicted molar refractivity (Wildman–Crippen MR) is 71.8 cm³/mol. The minimum Gasteiger partial charge on any atom is -0.489 e. The van der Waals surface area contributed by atoms with Gasteiger partial charge in [-0.1, -0.05) is 23.2 Å². The lowest BCUT2D eigenvalue weighted by molar-refractivity contribution is -0.384. The average molecular weight is 316 g/mol. The molecule has 0 atom stereocenters. The van der Waals surface area contributed by atoms with Crippen molar-refractivity contribution in [2.45, 2.75) is 0 Å². The highest BCUT2D eigenvalue weighted by molar-refractivity contribution is 6.32. The van der Waals surface area contributed by atoms with Gasteiger partial charge in [-0.3, -0.25) is 10.1 Å². The smallest absolute Gasteiger partial charge is 0.273 e. The van der Waals surface area contributed by atoms with Crippen LogP contribution >= 0.6 is 23.2 Å². The number of nitro benzene ring substituents is 1. The van der Waals surface area contributed by atoms with Crippen molar-refractivity contribution in [3.05, 3.63) is 44.8 Å². The van der Waals surface area contributed by atoms with Crippen molar-refractivity contribution < 1.29 is 14.4 Å². The summed E-state index contributed by atoms with van der Waals surface area (Å²) >= 11 is 11.7. The lowest BCUT2D eigenvalue weighted by atomic mass is 10.3. The first-order valence-electron chi connectivity index (χ1n) is 5.19. The van der Waals surface area contributed by atoms with E-state index in [1.54, 1.807) is 0 Å². The number of halogens is 2. The van der Waals surface area contributed by atoms with Crippen LogP contribution < -0.4 is 9.47 Å². The number of benzene rings is 1. The number of non-ortho nitro benzene ring substituents is 1. The number of nitrogens with zero attached hydrogens (tertiary/aromatic N) is 3. The quantitative estimate of drug-likeness (QED) is 0.487. The molecule has 1 aromatic heterocycles. The number of rotatable bonds is 4. The van der Waals surface area contributed by atoms with Crippen molar-refractivity contribution in [2.24, 2.45) is 0 Å². The summed E-state index contributed by atoms with van der Waals surface area (Å²) in [6, 6.07) is 3.79. The average Bonchev–Trinajstić information content (AvgIpc) is 2.41. The van der Waals surface area contributed by atoms with Gasteiger partial charge in [0.15, 0.2) is 10.9 Å². The second kappa shape index (κ2) is 5.89. The molecule has 0 amide bonds. The molecular formula is C11H7Cl2N3O4. The summed E-state index contributed by atoms with van der Waals surface area (Å²) in [6.07, 6.45) is 1.17. The first-order chi connectivity index (χ1) is 9.52. The Labute approximate surface area is 123 Å². The number of ether oxygens (including phenoxy) is 2. The maximum Gasteiger partial charge on any atom is 0.273 e.